The minimum absolute atomic E-state index is 0.206. The number of rotatable bonds is 7. The Balaban J connectivity index is 4.44. The highest BCUT2D eigenvalue weighted by atomic mass is 16.6. The molecule has 0 aromatic heterocycles. The molecular formula is C12H18O5. The molecule has 0 aliphatic carbocycles. The van der Waals surface area contributed by atoms with Crippen LogP contribution in [0.4, 0.5) is 0 Å². The number of carboxylic acids is 1. The number of carbonyl (C=O) groups excluding carboxylic acids is 1. The summed E-state index contributed by atoms with van der Waals surface area (Å²) in [5.41, 5.74) is 0.502. The van der Waals surface area contributed by atoms with Gasteiger partial charge in [-0.1, -0.05) is 12.7 Å². The number of methoxy groups -OCH3 is 1. The van der Waals surface area contributed by atoms with Crippen LogP contribution in [0.15, 0.2) is 23.8 Å². The quantitative estimate of drug-likeness (QED) is 0.541. The monoisotopic (exact) mass is 242 g/mol. The van der Waals surface area contributed by atoms with E-state index in [0.29, 0.717) is 12.0 Å². The number of hydrogen-bond donors (Lipinski definition) is 1. The van der Waals surface area contributed by atoms with Gasteiger partial charge in [-0.25, -0.2) is 9.59 Å². The fraction of sp³-hybridized carbons (Fsp3) is 0.500. The largest absolute Gasteiger partial charge is 0.478 e. The Morgan fingerprint density at radius 2 is 2.00 bits per heavy atom. The maximum absolute atomic E-state index is 11.3. The fourth-order valence-electron chi connectivity index (χ4n) is 0.984. The molecule has 0 fully saturated rings. The number of carboxylic acid groups (broad SMARTS) is 1. The molecule has 1 atom stereocenters. The van der Waals surface area contributed by atoms with Crippen molar-refractivity contribution in [2.75, 3.05) is 13.7 Å². The van der Waals surface area contributed by atoms with Gasteiger partial charge in [-0.15, -0.1) is 0 Å². The molecule has 0 aromatic rings. The molecule has 0 spiro atoms. The highest BCUT2D eigenvalue weighted by Crippen LogP contribution is 2.07. The van der Waals surface area contributed by atoms with Crippen LogP contribution in [0, 0.1) is 0 Å². The smallest absolute Gasteiger partial charge is 0.333 e. The summed E-state index contributed by atoms with van der Waals surface area (Å²) in [6.07, 6.45) is 1.29. The topological polar surface area (TPSA) is 72.8 Å². The summed E-state index contributed by atoms with van der Waals surface area (Å²) in [5.74, 6) is -1.50. The molecule has 0 aliphatic rings. The lowest BCUT2D eigenvalue weighted by Gasteiger charge is -2.15. The second-order valence-electron chi connectivity index (χ2n) is 3.69. The van der Waals surface area contributed by atoms with E-state index in [0.717, 1.165) is 0 Å². The molecule has 0 aliphatic heterocycles. The summed E-state index contributed by atoms with van der Waals surface area (Å²) in [6, 6.07) is 0. The lowest BCUT2D eigenvalue weighted by molar-refractivity contribution is -0.146. The van der Waals surface area contributed by atoms with Crippen molar-refractivity contribution in [2.24, 2.45) is 0 Å². The van der Waals surface area contributed by atoms with E-state index in [9.17, 15) is 9.59 Å². The fourth-order valence-corrected chi connectivity index (χ4v) is 0.984. The molecule has 0 heterocycles. The van der Waals surface area contributed by atoms with E-state index < -0.39 is 18.0 Å². The maximum Gasteiger partial charge on any atom is 0.333 e. The Morgan fingerprint density at radius 1 is 1.41 bits per heavy atom. The molecule has 0 saturated carbocycles. The second kappa shape index (κ2) is 7.62. The Hall–Kier alpha value is -1.62. The maximum atomic E-state index is 11.3. The molecule has 0 aromatic carbocycles. The van der Waals surface area contributed by atoms with Crippen LogP contribution in [0.25, 0.3) is 0 Å². The molecule has 0 amide bonds. The van der Waals surface area contributed by atoms with Crippen LogP contribution in [0.5, 0.6) is 0 Å². The lowest BCUT2D eigenvalue weighted by Crippen LogP contribution is -2.23. The average molecular weight is 242 g/mol. The summed E-state index contributed by atoms with van der Waals surface area (Å²) < 4.78 is 9.98. The first-order chi connectivity index (χ1) is 7.88. The molecule has 0 bridgehead atoms. The Morgan fingerprint density at radius 3 is 2.41 bits per heavy atom. The van der Waals surface area contributed by atoms with Crippen molar-refractivity contribution in [3.8, 4) is 0 Å². The van der Waals surface area contributed by atoms with Crippen LogP contribution in [0.3, 0.4) is 0 Å². The minimum atomic E-state index is -0.993. The zero-order valence-electron chi connectivity index (χ0n) is 10.4. The van der Waals surface area contributed by atoms with Gasteiger partial charge in [-0.3, -0.25) is 0 Å². The first-order valence-electron chi connectivity index (χ1n) is 5.14. The molecule has 17 heavy (non-hydrogen) atoms. The SMILES string of the molecule is C=C(C)C(=O)OC(CC=C(C)C(=O)O)COC. The van der Waals surface area contributed by atoms with Crippen LogP contribution in [-0.4, -0.2) is 36.9 Å². The molecule has 0 radical (unpaired) electrons. The predicted molar refractivity (Wildman–Crippen MR) is 62.6 cm³/mol. The molecule has 0 rings (SSSR count). The summed E-state index contributed by atoms with van der Waals surface area (Å²) in [4.78, 5) is 21.9. The molecule has 1 unspecified atom stereocenters. The van der Waals surface area contributed by atoms with Crippen LogP contribution in [0.1, 0.15) is 20.3 Å². The van der Waals surface area contributed by atoms with Crippen molar-refractivity contribution in [2.45, 2.75) is 26.4 Å². The van der Waals surface area contributed by atoms with E-state index in [1.54, 1.807) is 6.92 Å². The van der Waals surface area contributed by atoms with Gasteiger partial charge < -0.3 is 14.6 Å². The van der Waals surface area contributed by atoms with Gasteiger partial charge in [0.2, 0.25) is 0 Å². The summed E-state index contributed by atoms with van der Waals surface area (Å²) >= 11 is 0. The van der Waals surface area contributed by atoms with Gasteiger partial charge in [0.05, 0.1) is 6.61 Å². The van der Waals surface area contributed by atoms with Crippen molar-refractivity contribution >= 4 is 11.9 Å². The normalized spacial score (nSPS) is 13.0. The highest BCUT2D eigenvalue weighted by Gasteiger charge is 2.14. The lowest BCUT2D eigenvalue weighted by atomic mass is 10.2. The number of carbonyl (C=O) groups is 2. The standard InChI is InChI=1S/C12H18O5/c1-8(2)12(15)17-10(7-16-4)6-5-9(3)11(13)14/h5,10H,1,6-7H2,2-4H3,(H,13,14). The molecule has 96 valence electrons. The number of esters is 1. The van der Waals surface area contributed by atoms with E-state index in [4.69, 9.17) is 14.6 Å². The van der Waals surface area contributed by atoms with Crippen molar-refractivity contribution in [3.05, 3.63) is 23.8 Å². The van der Waals surface area contributed by atoms with E-state index in [-0.39, 0.29) is 12.2 Å². The number of ether oxygens (including phenoxy) is 2. The molecule has 1 N–H and O–H groups in total. The van der Waals surface area contributed by atoms with Crippen molar-refractivity contribution in [3.63, 3.8) is 0 Å². The average Bonchev–Trinajstić information content (AvgIpc) is 2.25. The third-order valence-corrected chi connectivity index (χ3v) is 2.00. The summed E-state index contributed by atoms with van der Waals surface area (Å²) in [7, 11) is 1.48. The summed E-state index contributed by atoms with van der Waals surface area (Å²) in [6.45, 7) is 6.70. The Labute approximate surface area is 101 Å². The molecular weight excluding hydrogens is 224 g/mol. The second-order valence-corrected chi connectivity index (χ2v) is 3.69. The van der Waals surface area contributed by atoms with Gasteiger partial charge in [-0.05, 0) is 13.8 Å². The zero-order chi connectivity index (χ0) is 13.4. The van der Waals surface area contributed by atoms with Crippen LogP contribution >= 0.6 is 0 Å². The molecule has 0 saturated heterocycles. The van der Waals surface area contributed by atoms with Gasteiger partial charge in [0.15, 0.2) is 0 Å². The predicted octanol–water partition coefficient (Wildman–Crippen LogP) is 1.54. The van der Waals surface area contributed by atoms with Crippen molar-refractivity contribution < 1.29 is 24.2 Å². The Bertz CT molecular complexity index is 330. The third-order valence-electron chi connectivity index (χ3n) is 2.00. The van der Waals surface area contributed by atoms with E-state index in [2.05, 4.69) is 6.58 Å². The van der Waals surface area contributed by atoms with Crippen molar-refractivity contribution in [1.82, 2.24) is 0 Å². The molecule has 5 heteroatoms. The van der Waals surface area contributed by atoms with Gasteiger partial charge >= 0.3 is 11.9 Å². The van der Waals surface area contributed by atoms with Gasteiger partial charge in [0.1, 0.15) is 6.10 Å². The van der Waals surface area contributed by atoms with Crippen molar-refractivity contribution in [1.29, 1.82) is 0 Å². The van der Waals surface area contributed by atoms with E-state index >= 15 is 0 Å². The van der Waals surface area contributed by atoms with Crippen LogP contribution in [-0.2, 0) is 19.1 Å². The first kappa shape index (κ1) is 15.4. The minimum Gasteiger partial charge on any atom is -0.478 e. The summed E-state index contributed by atoms with van der Waals surface area (Å²) in [5, 5.41) is 8.67. The number of aliphatic carboxylic acids is 1. The van der Waals surface area contributed by atoms with Gasteiger partial charge in [0, 0.05) is 24.7 Å². The first-order valence-corrected chi connectivity index (χ1v) is 5.14. The van der Waals surface area contributed by atoms with E-state index in [1.807, 2.05) is 0 Å². The third kappa shape index (κ3) is 6.52. The molecule has 5 nitrogen and oxygen atoms in total. The van der Waals surface area contributed by atoms with E-state index in [1.165, 1.54) is 20.1 Å². The zero-order valence-corrected chi connectivity index (χ0v) is 10.4. The van der Waals surface area contributed by atoms with Gasteiger partial charge in [-0.2, -0.15) is 0 Å². The van der Waals surface area contributed by atoms with Gasteiger partial charge in [0.25, 0.3) is 0 Å². The van der Waals surface area contributed by atoms with Crippen LogP contribution < -0.4 is 0 Å². The number of hydrogen-bond acceptors (Lipinski definition) is 4. The highest BCUT2D eigenvalue weighted by molar-refractivity contribution is 5.87. The van der Waals surface area contributed by atoms with Crippen LogP contribution in [0.2, 0.25) is 0 Å². The Kier molecular flexibility index (Phi) is 6.89.